The Labute approximate surface area is 164 Å². The normalized spacial score (nSPS) is 11.3. The Bertz CT molecular complexity index is 793. The lowest BCUT2D eigenvalue weighted by atomic mass is 9.87. The van der Waals surface area contributed by atoms with Gasteiger partial charge in [0.1, 0.15) is 0 Å². The summed E-state index contributed by atoms with van der Waals surface area (Å²) in [7, 11) is 0. The van der Waals surface area contributed by atoms with Crippen LogP contribution >= 0.6 is 11.8 Å². The van der Waals surface area contributed by atoms with Crippen molar-refractivity contribution in [3.05, 3.63) is 29.8 Å². The SMILES string of the molecule is CCNC(=O)NC(=O)CSc1nnc(-c2ccc(C(C)(C)C)cc2)n1CC. The van der Waals surface area contributed by atoms with Gasteiger partial charge in [-0.15, -0.1) is 10.2 Å². The molecule has 1 heterocycles. The first kappa shape index (κ1) is 21.0. The number of urea groups is 1. The minimum Gasteiger partial charge on any atom is -0.338 e. The van der Waals surface area contributed by atoms with Crippen molar-refractivity contribution in [2.75, 3.05) is 12.3 Å². The van der Waals surface area contributed by atoms with Crippen LogP contribution in [0.5, 0.6) is 0 Å². The summed E-state index contributed by atoms with van der Waals surface area (Å²) >= 11 is 1.26. The largest absolute Gasteiger partial charge is 0.338 e. The fourth-order valence-electron chi connectivity index (χ4n) is 2.51. The minimum absolute atomic E-state index is 0.0927. The van der Waals surface area contributed by atoms with E-state index < -0.39 is 6.03 Å². The second-order valence-corrected chi connectivity index (χ2v) is 8.02. The molecule has 2 rings (SSSR count). The highest BCUT2D eigenvalue weighted by Crippen LogP contribution is 2.27. The molecule has 2 N–H and O–H groups in total. The van der Waals surface area contributed by atoms with Crippen LogP contribution in [0.2, 0.25) is 0 Å². The third-order valence-corrected chi connectivity index (χ3v) is 4.93. The van der Waals surface area contributed by atoms with Crippen molar-refractivity contribution in [2.45, 2.75) is 51.7 Å². The maximum Gasteiger partial charge on any atom is 0.321 e. The number of aromatic nitrogens is 3. The molecule has 0 atom stereocenters. The van der Waals surface area contributed by atoms with Crippen LogP contribution < -0.4 is 10.6 Å². The van der Waals surface area contributed by atoms with Crippen LogP contribution in [-0.4, -0.2) is 39.0 Å². The van der Waals surface area contributed by atoms with Gasteiger partial charge in [-0.05, 0) is 24.8 Å². The van der Waals surface area contributed by atoms with Gasteiger partial charge < -0.3 is 9.88 Å². The number of benzene rings is 1. The first-order valence-electron chi connectivity index (χ1n) is 9.00. The van der Waals surface area contributed by atoms with E-state index in [9.17, 15) is 9.59 Å². The molecular weight excluding hydrogens is 362 g/mol. The highest BCUT2D eigenvalue weighted by Gasteiger charge is 2.17. The topological polar surface area (TPSA) is 88.9 Å². The fraction of sp³-hybridized carbons (Fsp3) is 0.474. The number of rotatable bonds is 6. The van der Waals surface area contributed by atoms with Gasteiger partial charge in [-0.25, -0.2) is 4.79 Å². The zero-order valence-corrected chi connectivity index (χ0v) is 17.3. The molecule has 1 aromatic heterocycles. The molecule has 7 nitrogen and oxygen atoms in total. The van der Waals surface area contributed by atoms with Crippen LogP contribution in [0.15, 0.2) is 29.4 Å². The van der Waals surface area contributed by atoms with Gasteiger partial charge in [-0.3, -0.25) is 10.1 Å². The molecular formula is C19H27N5O2S. The van der Waals surface area contributed by atoms with Crippen molar-refractivity contribution in [3.63, 3.8) is 0 Å². The molecule has 2 aromatic rings. The third kappa shape index (κ3) is 5.56. The van der Waals surface area contributed by atoms with Crippen molar-refractivity contribution in [1.82, 2.24) is 25.4 Å². The number of carbonyl (C=O) groups is 2. The van der Waals surface area contributed by atoms with E-state index in [1.54, 1.807) is 6.92 Å². The molecule has 0 fully saturated rings. The molecule has 0 radical (unpaired) electrons. The van der Waals surface area contributed by atoms with Gasteiger partial charge in [0.25, 0.3) is 0 Å². The van der Waals surface area contributed by atoms with Crippen LogP contribution in [0.25, 0.3) is 11.4 Å². The van der Waals surface area contributed by atoms with Crippen molar-refractivity contribution < 1.29 is 9.59 Å². The molecule has 3 amide bonds. The van der Waals surface area contributed by atoms with Crippen LogP contribution in [0.3, 0.4) is 0 Å². The zero-order valence-electron chi connectivity index (χ0n) is 16.5. The molecule has 0 aliphatic rings. The summed E-state index contributed by atoms with van der Waals surface area (Å²) in [5, 5.41) is 14.0. The van der Waals surface area contributed by atoms with Gasteiger partial charge in [0.05, 0.1) is 5.75 Å². The van der Waals surface area contributed by atoms with Crippen molar-refractivity contribution in [3.8, 4) is 11.4 Å². The predicted octanol–water partition coefficient (Wildman–Crippen LogP) is 3.20. The summed E-state index contributed by atoms with van der Waals surface area (Å²) in [4.78, 5) is 23.2. The second kappa shape index (κ2) is 9.03. The van der Waals surface area contributed by atoms with Crippen molar-refractivity contribution >= 4 is 23.7 Å². The van der Waals surface area contributed by atoms with Crippen molar-refractivity contribution in [1.29, 1.82) is 0 Å². The number of amides is 3. The first-order valence-corrected chi connectivity index (χ1v) is 9.99. The molecule has 0 aliphatic carbocycles. The van der Waals surface area contributed by atoms with E-state index in [1.807, 2.05) is 23.6 Å². The van der Waals surface area contributed by atoms with E-state index in [4.69, 9.17) is 0 Å². The van der Waals surface area contributed by atoms with E-state index in [1.165, 1.54) is 17.3 Å². The van der Waals surface area contributed by atoms with Crippen LogP contribution in [0.4, 0.5) is 4.79 Å². The quantitative estimate of drug-likeness (QED) is 0.741. The van der Waals surface area contributed by atoms with E-state index >= 15 is 0 Å². The Morgan fingerprint density at radius 1 is 1.11 bits per heavy atom. The van der Waals surface area contributed by atoms with Crippen LogP contribution in [0.1, 0.15) is 40.2 Å². The number of nitrogens with one attached hydrogen (secondary N) is 2. The highest BCUT2D eigenvalue weighted by atomic mass is 32.2. The summed E-state index contributed by atoms with van der Waals surface area (Å²) in [6, 6.07) is 7.83. The van der Waals surface area contributed by atoms with Crippen LogP contribution in [-0.2, 0) is 16.8 Å². The molecule has 27 heavy (non-hydrogen) atoms. The Morgan fingerprint density at radius 3 is 2.33 bits per heavy atom. The lowest BCUT2D eigenvalue weighted by molar-refractivity contribution is -0.117. The third-order valence-electron chi connectivity index (χ3n) is 3.96. The summed E-state index contributed by atoms with van der Waals surface area (Å²) < 4.78 is 1.97. The van der Waals surface area contributed by atoms with Gasteiger partial charge >= 0.3 is 6.03 Å². The molecule has 0 aliphatic heterocycles. The van der Waals surface area contributed by atoms with E-state index in [2.05, 4.69) is 53.7 Å². The number of carbonyl (C=O) groups excluding carboxylic acids is 2. The molecule has 0 spiro atoms. The lowest BCUT2D eigenvalue weighted by Gasteiger charge is -2.19. The van der Waals surface area contributed by atoms with E-state index in [0.717, 1.165) is 11.4 Å². The van der Waals surface area contributed by atoms with Crippen LogP contribution in [0, 0.1) is 0 Å². The van der Waals surface area contributed by atoms with Crippen molar-refractivity contribution in [2.24, 2.45) is 0 Å². The number of thioether (sulfide) groups is 1. The van der Waals surface area contributed by atoms with E-state index in [-0.39, 0.29) is 17.1 Å². The summed E-state index contributed by atoms with van der Waals surface area (Å²) in [6.07, 6.45) is 0. The molecule has 0 bridgehead atoms. The van der Waals surface area contributed by atoms with Gasteiger partial charge in [0, 0.05) is 18.7 Å². The summed E-state index contributed by atoms with van der Waals surface area (Å²) in [5.74, 6) is 0.496. The molecule has 1 aromatic carbocycles. The Balaban J connectivity index is 2.10. The number of hydrogen-bond acceptors (Lipinski definition) is 5. The number of imide groups is 1. The maximum atomic E-state index is 11.9. The number of nitrogens with zero attached hydrogens (tertiary/aromatic N) is 3. The Kier molecular flexibility index (Phi) is 7.01. The highest BCUT2D eigenvalue weighted by molar-refractivity contribution is 7.99. The smallest absolute Gasteiger partial charge is 0.321 e. The molecule has 0 unspecified atom stereocenters. The minimum atomic E-state index is -0.486. The second-order valence-electron chi connectivity index (χ2n) is 7.07. The fourth-order valence-corrected chi connectivity index (χ4v) is 3.31. The molecule has 0 saturated carbocycles. The number of hydrogen-bond donors (Lipinski definition) is 2. The zero-order chi connectivity index (χ0) is 20.0. The molecule has 8 heteroatoms. The average molecular weight is 390 g/mol. The lowest BCUT2D eigenvalue weighted by Crippen LogP contribution is -2.40. The molecule has 0 saturated heterocycles. The standard InChI is InChI=1S/C19H27N5O2S/c1-6-20-17(26)21-15(25)12-27-18-23-22-16(24(18)7-2)13-8-10-14(11-9-13)19(3,4)5/h8-11H,6-7,12H2,1-5H3,(H2,20,21,25,26). The van der Waals surface area contributed by atoms with Gasteiger partial charge in [-0.2, -0.15) is 0 Å². The predicted molar refractivity (Wildman–Crippen MR) is 108 cm³/mol. The monoisotopic (exact) mass is 389 g/mol. The first-order chi connectivity index (χ1) is 12.8. The Hall–Kier alpha value is -2.35. The van der Waals surface area contributed by atoms with Gasteiger partial charge in [0.15, 0.2) is 11.0 Å². The summed E-state index contributed by atoms with van der Waals surface area (Å²) in [6.45, 7) is 11.5. The summed E-state index contributed by atoms with van der Waals surface area (Å²) in [5.41, 5.74) is 2.33. The molecule has 146 valence electrons. The average Bonchev–Trinajstić information content (AvgIpc) is 3.02. The maximum absolute atomic E-state index is 11.9. The van der Waals surface area contributed by atoms with E-state index in [0.29, 0.717) is 18.2 Å². The Morgan fingerprint density at radius 2 is 1.78 bits per heavy atom. The van der Waals surface area contributed by atoms with Gasteiger partial charge in [-0.1, -0.05) is 56.8 Å². The van der Waals surface area contributed by atoms with Gasteiger partial charge in [0.2, 0.25) is 5.91 Å².